The summed E-state index contributed by atoms with van der Waals surface area (Å²) in [4.78, 5) is 4.14. The Balaban J connectivity index is 1.99. The van der Waals surface area contributed by atoms with Crippen LogP contribution in [-0.4, -0.2) is 10.1 Å². The summed E-state index contributed by atoms with van der Waals surface area (Å²) in [5.74, 6) is -0.461. The highest BCUT2D eigenvalue weighted by Gasteiger charge is 2.12. The zero-order valence-corrected chi connectivity index (χ0v) is 10.2. The first-order valence-electron chi connectivity index (χ1n) is 5.78. The molecule has 0 atom stereocenters. The molecule has 2 aromatic carbocycles. The molecule has 2 N–H and O–H groups in total. The highest BCUT2D eigenvalue weighted by molar-refractivity contribution is 5.63. The van der Waals surface area contributed by atoms with Crippen LogP contribution in [0.2, 0.25) is 0 Å². The van der Waals surface area contributed by atoms with Gasteiger partial charge in [0.15, 0.2) is 0 Å². The summed E-state index contributed by atoms with van der Waals surface area (Å²) >= 11 is 0. The summed E-state index contributed by atoms with van der Waals surface area (Å²) < 4.78 is 31.3. The number of aromatic nitrogens is 2. The number of anilines is 1. The summed E-state index contributed by atoms with van der Waals surface area (Å²) in [6.45, 7) is 0. The van der Waals surface area contributed by atoms with Crippen molar-refractivity contribution >= 4 is 5.69 Å². The van der Waals surface area contributed by atoms with Crippen molar-refractivity contribution in [1.82, 2.24) is 10.1 Å². The van der Waals surface area contributed by atoms with Gasteiger partial charge in [0.25, 0.3) is 5.89 Å². The minimum Gasteiger partial charge on any atom is -0.396 e. The second-order valence-electron chi connectivity index (χ2n) is 4.17. The van der Waals surface area contributed by atoms with Gasteiger partial charge in [0.05, 0.1) is 5.69 Å². The molecule has 0 saturated heterocycles. The van der Waals surface area contributed by atoms with Gasteiger partial charge < -0.3 is 10.3 Å². The zero-order chi connectivity index (χ0) is 14.1. The lowest BCUT2D eigenvalue weighted by molar-refractivity contribution is 0.432. The molecule has 0 spiro atoms. The number of nitrogen functional groups attached to an aromatic ring is 1. The van der Waals surface area contributed by atoms with E-state index >= 15 is 0 Å². The van der Waals surface area contributed by atoms with E-state index in [1.54, 1.807) is 12.1 Å². The highest BCUT2D eigenvalue weighted by atomic mass is 19.1. The molecule has 4 nitrogen and oxygen atoms in total. The minimum absolute atomic E-state index is 0.00648. The van der Waals surface area contributed by atoms with Crippen LogP contribution in [0.4, 0.5) is 14.5 Å². The molecule has 0 saturated carbocycles. The largest absolute Gasteiger partial charge is 0.396 e. The predicted octanol–water partition coefficient (Wildman–Crippen LogP) is 3.26. The third-order valence-corrected chi connectivity index (χ3v) is 2.75. The molecule has 3 aromatic rings. The van der Waals surface area contributed by atoms with Crippen LogP contribution in [0, 0.1) is 11.6 Å². The summed E-state index contributed by atoms with van der Waals surface area (Å²) in [5, 5.41) is 3.77. The van der Waals surface area contributed by atoms with Gasteiger partial charge in [-0.3, -0.25) is 0 Å². The molecular weight excluding hydrogens is 264 g/mol. The topological polar surface area (TPSA) is 64.9 Å². The molecule has 3 rings (SSSR count). The summed E-state index contributed by atoms with van der Waals surface area (Å²) in [6, 6.07) is 9.94. The Kier molecular flexibility index (Phi) is 2.90. The number of halogens is 2. The lowest BCUT2D eigenvalue weighted by atomic mass is 10.2. The lowest BCUT2D eigenvalue weighted by Crippen LogP contribution is -1.90. The van der Waals surface area contributed by atoms with Crippen molar-refractivity contribution in [3.05, 3.63) is 54.1 Å². The van der Waals surface area contributed by atoms with Gasteiger partial charge in [0.1, 0.15) is 11.6 Å². The molecule has 0 aliphatic rings. The summed E-state index contributed by atoms with van der Waals surface area (Å²) in [7, 11) is 0. The smallest absolute Gasteiger partial charge is 0.258 e. The molecule has 0 amide bonds. The van der Waals surface area contributed by atoms with Crippen LogP contribution in [0.5, 0.6) is 0 Å². The second-order valence-corrected chi connectivity index (χ2v) is 4.17. The molecule has 1 aromatic heterocycles. The molecule has 20 heavy (non-hydrogen) atoms. The van der Waals surface area contributed by atoms with Crippen LogP contribution in [0.25, 0.3) is 22.8 Å². The van der Waals surface area contributed by atoms with E-state index in [0.29, 0.717) is 11.1 Å². The first kappa shape index (κ1) is 12.3. The normalized spacial score (nSPS) is 10.7. The van der Waals surface area contributed by atoms with Crippen molar-refractivity contribution in [3.63, 3.8) is 0 Å². The van der Waals surface area contributed by atoms with E-state index in [-0.39, 0.29) is 23.2 Å². The molecule has 0 fully saturated rings. The van der Waals surface area contributed by atoms with E-state index < -0.39 is 5.82 Å². The molecule has 1 heterocycles. The molecular formula is C14H9F2N3O. The van der Waals surface area contributed by atoms with E-state index in [9.17, 15) is 8.78 Å². The molecule has 0 bridgehead atoms. The van der Waals surface area contributed by atoms with Crippen LogP contribution in [0.1, 0.15) is 0 Å². The van der Waals surface area contributed by atoms with E-state index in [4.69, 9.17) is 10.3 Å². The average molecular weight is 273 g/mol. The third-order valence-electron chi connectivity index (χ3n) is 2.75. The maximum Gasteiger partial charge on any atom is 0.258 e. The predicted molar refractivity (Wildman–Crippen MR) is 69.5 cm³/mol. The molecule has 0 aliphatic carbocycles. The van der Waals surface area contributed by atoms with Crippen LogP contribution in [-0.2, 0) is 0 Å². The van der Waals surface area contributed by atoms with Crippen molar-refractivity contribution in [1.29, 1.82) is 0 Å². The first-order valence-corrected chi connectivity index (χ1v) is 5.78. The van der Waals surface area contributed by atoms with Crippen molar-refractivity contribution in [2.24, 2.45) is 0 Å². The zero-order valence-electron chi connectivity index (χ0n) is 10.2. The fourth-order valence-electron chi connectivity index (χ4n) is 1.76. The van der Waals surface area contributed by atoms with Crippen molar-refractivity contribution < 1.29 is 13.3 Å². The van der Waals surface area contributed by atoms with Gasteiger partial charge in [0, 0.05) is 11.1 Å². The Morgan fingerprint density at radius 2 is 1.85 bits per heavy atom. The van der Waals surface area contributed by atoms with Gasteiger partial charge >= 0.3 is 0 Å². The SMILES string of the molecule is Nc1cc(-c2nc(-c3cccc(F)c3)no2)ccc1F. The Hall–Kier alpha value is -2.76. The minimum atomic E-state index is -0.515. The Labute approximate surface area is 112 Å². The van der Waals surface area contributed by atoms with Gasteiger partial charge in [-0.15, -0.1) is 0 Å². The number of nitrogens with zero attached hydrogens (tertiary/aromatic N) is 2. The van der Waals surface area contributed by atoms with Gasteiger partial charge in [-0.25, -0.2) is 8.78 Å². The Morgan fingerprint density at radius 1 is 1.00 bits per heavy atom. The number of rotatable bonds is 2. The van der Waals surface area contributed by atoms with Crippen LogP contribution >= 0.6 is 0 Å². The fourth-order valence-corrected chi connectivity index (χ4v) is 1.76. The molecule has 0 unspecified atom stereocenters. The fraction of sp³-hybridized carbons (Fsp3) is 0. The number of hydrogen-bond donors (Lipinski definition) is 1. The standard InChI is InChI=1S/C14H9F2N3O/c15-10-3-1-2-8(6-10)13-18-14(20-19-13)9-4-5-11(16)12(17)7-9/h1-7H,17H2. The maximum absolute atomic E-state index is 13.1. The second kappa shape index (κ2) is 4.73. The van der Waals surface area contributed by atoms with Gasteiger partial charge in [-0.2, -0.15) is 4.98 Å². The van der Waals surface area contributed by atoms with E-state index in [2.05, 4.69) is 10.1 Å². The van der Waals surface area contributed by atoms with Crippen LogP contribution in [0.3, 0.4) is 0 Å². The van der Waals surface area contributed by atoms with E-state index in [1.807, 2.05) is 0 Å². The number of nitrogens with two attached hydrogens (primary N) is 1. The van der Waals surface area contributed by atoms with Crippen molar-refractivity contribution in [2.45, 2.75) is 0 Å². The maximum atomic E-state index is 13.1. The van der Waals surface area contributed by atoms with Crippen LogP contribution in [0.15, 0.2) is 47.0 Å². The van der Waals surface area contributed by atoms with Crippen molar-refractivity contribution in [3.8, 4) is 22.8 Å². The monoisotopic (exact) mass is 273 g/mol. The number of benzene rings is 2. The Morgan fingerprint density at radius 3 is 2.60 bits per heavy atom. The van der Waals surface area contributed by atoms with Gasteiger partial charge in [-0.05, 0) is 30.3 Å². The first-order chi connectivity index (χ1) is 9.63. The van der Waals surface area contributed by atoms with Crippen molar-refractivity contribution in [2.75, 3.05) is 5.73 Å². The highest BCUT2D eigenvalue weighted by Crippen LogP contribution is 2.24. The van der Waals surface area contributed by atoms with Gasteiger partial charge in [-0.1, -0.05) is 17.3 Å². The Bertz CT molecular complexity index is 771. The van der Waals surface area contributed by atoms with E-state index in [0.717, 1.165) is 0 Å². The molecule has 0 radical (unpaired) electrons. The quantitative estimate of drug-likeness (QED) is 0.728. The van der Waals surface area contributed by atoms with E-state index in [1.165, 1.54) is 30.3 Å². The average Bonchev–Trinajstić information content (AvgIpc) is 2.92. The van der Waals surface area contributed by atoms with Crippen LogP contribution < -0.4 is 5.73 Å². The molecule has 0 aliphatic heterocycles. The third kappa shape index (κ3) is 2.23. The molecule has 100 valence electrons. The lowest BCUT2D eigenvalue weighted by Gasteiger charge is -1.98. The van der Waals surface area contributed by atoms with Gasteiger partial charge in [0.2, 0.25) is 5.82 Å². The summed E-state index contributed by atoms with van der Waals surface area (Å²) in [6.07, 6.45) is 0. The molecule has 6 heteroatoms. The number of hydrogen-bond acceptors (Lipinski definition) is 4. The summed E-state index contributed by atoms with van der Waals surface area (Å²) in [5.41, 5.74) is 6.47.